The number of halogens is 1. The largest absolute Gasteiger partial charge is 0.368 e. The Morgan fingerprint density at radius 2 is 2.05 bits per heavy atom. The minimum atomic E-state index is -0.353. The number of anilines is 1. The molecular formula is C13H11FN6. The van der Waals surface area contributed by atoms with E-state index in [1.54, 1.807) is 29.4 Å². The van der Waals surface area contributed by atoms with E-state index < -0.39 is 0 Å². The van der Waals surface area contributed by atoms with Gasteiger partial charge in [0.1, 0.15) is 12.1 Å². The molecule has 0 atom stereocenters. The van der Waals surface area contributed by atoms with Crippen molar-refractivity contribution in [2.75, 3.05) is 5.73 Å². The van der Waals surface area contributed by atoms with Crippen molar-refractivity contribution in [1.82, 2.24) is 24.5 Å². The van der Waals surface area contributed by atoms with Gasteiger partial charge in [-0.15, -0.1) is 0 Å². The van der Waals surface area contributed by atoms with Gasteiger partial charge in [-0.05, 0) is 24.6 Å². The Kier molecular flexibility index (Phi) is 2.86. The van der Waals surface area contributed by atoms with Crippen LogP contribution in [0.1, 0.15) is 5.56 Å². The third-order valence-electron chi connectivity index (χ3n) is 2.82. The number of imidazole rings is 1. The van der Waals surface area contributed by atoms with E-state index in [4.69, 9.17) is 5.73 Å². The molecule has 0 spiro atoms. The number of hydrogen-bond donors (Lipinski definition) is 1. The van der Waals surface area contributed by atoms with E-state index in [-0.39, 0.29) is 11.8 Å². The predicted octanol–water partition coefficient (Wildman–Crippen LogP) is 1.75. The number of hydrogen-bond acceptors (Lipinski definition) is 5. The molecule has 1 aromatic carbocycles. The average molecular weight is 270 g/mol. The highest BCUT2D eigenvalue weighted by atomic mass is 19.1. The lowest BCUT2D eigenvalue weighted by molar-refractivity contribution is 0.627. The van der Waals surface area contributed by atoms with Gasteiger partial charge in [0, 0.05) is 18.0 Å². The number of aryl methyl sites for hydroxylation is 1. The maximum Gasteiger partial charge on any atom is 0.240 e. The van der Waals surface area contributed by atoms with Crippen LogP contribution in [0, 0.1) is 12.7 Å². The Balaban J connectivity index is 2.17. The van der Waals surface area contributed by atoms with Crippen LogP contribution in [0.15, 0.2) is 36.9 Å². The summed E-state index contributed by atoms with van der Waals surface area (Å²) < 4.78 is 15.0. The normalized spacial score (nSPS) is 10.7. The SMILES string of the molecule is Cc1ccc(F)cc1-c1nc(N)nc(-n2ccnc2)n1. The molecule has 0 bridgehead atoms. The average Bonchev–Trinajstić information content (AvgIpc) is 2.95. The lowest BCUT2D eigenvalue weighted by Crippen LogP contribution is -2.07. The van der Waals surface area contributed by atoms with Crippen molar-refractivity contribution in [3.8, 4) is 17.3 Å². The van der Waals surface area contributed by atoms with Crippen molar-refractivity contribution in [1.29, 1.82) is 0 Å². The topological polar surface area (TPSA) is 82.5 Å². The second-order valence-electron chi connectivity index (χ2n) is 4.25. The Labute approximate surface area is 114 Å². The molecule has 0 aliphatic rings. The van der Waals surface area contributed by atoms with Crippen LogP contribution in [0.4, 0.5) is 10.3 Å². The van der Waals surface area contributed by atoms with E-state index in [9.17, 15) is 4.39 Å². The standard InChI is InChI=1S/C13H11FN6/c1-8-2-3-9(14)6-10(8)11-17-12(15)19-13(18-11)20-5-4-16-7-20/h2-7H,1H3,(H2,15,17,18,19). The highest BCUT2D eigenvalue weighted by Crippen LogP contribution is 2.22. The first kappa shape index (κ1) is 12.2. The fourth-order valence-electron chi connectivity index (χ4n) is 1.83. The van der Waals surface area contributed by atoms with Crippen LogP contribution in [0.25, 0.3) is 17.3 Å². The molecule has 20 heavy (non-hydrogen) atoms. The Morgan fingerprint density at radius 1 is 1.20 bits per heavy atom. The fourth-order valence-corrected chi connectivity index (χ4v) is 1.83. The molecule has 100 valence electrons. The summed E-state index contributed by atoms with van der Waals surface area (Å²) in [5.41, 5.74) is 7.14. The molecule has 0 radical (unpaired) electrons. The molecule has 0 unspecified atom stereocenters. The van der Waals surface area contributed by atoms with Crippen LogP contribution in [-0.2, 0) is 0 Å². The summed E-state index contributed by atoms with van der Waals surface area (Å²) in [7, 11) is 0. The summed E-state index contributed by atoms with van der Waals surface area (Å²) >= 11 is 0. The zero-order chi connectivity index (χ0) is 14.1. The van der Waals surface area contributed by atoms with Crippen LogP contribution >= 0.6 is 0 Å². The summed E-state index contributed by atoms with van der Waals surface area (Å²) in [5, 5.41) is 0. The van der Waals surface area contributed by atoms with Crippen LogP contribution in [0.3, 0.4) is 0 Å². The number of nitrogen functional groups attached to an aromatic ring is 1. The van der Waals surface area contributed by atoms with Gasteiger partial charge in [-0.3, -0.25) is 4.57 Å². The zero-order valence-corrected chi connectivity index (χ0v) is 10.7. The van der Waals surface area contributed by atoms with Gasteiger partial charge in [-0.1, -0.05) is 6.07 Å². The number of rotatable bonds is 2. The zero-order valence-electron chi connectivity index (χ0n) is 10.7. The predicted molar refractivity (Wildman–Crippen MR) is 71.5 cm³/mol. The van der Waals surface area contributed by atoms with E-state index in [2.05, 4.69) is 19.9 Å². The van der Waals surface area contributed by atoms with E-state index in [0.717, 1.165) is 5.56 Å². The lowest BCUT2D eigenvalue weighted by atomic mass is 10.1. The molecule has 6 nitrogen and oxygen atoms in total. The third-order valence-corrected chi connectivity index (χ3v) is 2.82. The third kappa shape index (κ3) is 2.20. The van der Waals surface area contributed by atoms with Gasteiger partial charge < -0.3 is 5.73 Å². The highest BCUT2D eigenvalue weighted by Gasteiger charge is 2.11. The second-order valence-corrected chi connectivity index (χ2v) is 4.25. The molecule has 0 amide bonds. The summed E-state index contributed by atoms with van der Waals surface area (Å²) in [5.74, 6) is 0.392. The second kappa shape index (κ2) is 4.69. The molecule has 3 aromatic rings. The monoisotopic (exact) mass is 270 g/mol. The van der Waals surface area contributed by atoms with Crippen molar-refractivity contribution < 1.29 is 4.39 Å². The van der Waals surface area contributed by atoms with E-state index >= 15 is 0 Å². The van der Waals surface area contributed by atoms with Crippen molar-refractivity contribution in [3.05, 3.63) is 48.3 Å². The van der Waals surface area contributed by atoms with Crippen LogP contribution in [-0.4, -0.2) is 24.5 Å². The molecular weight excluding hydrogens is 259 g/mol. The number of benzene rings is 1. The van der Waals surface area contributed by atoms with Gasteiger partial charge in [0.05, 0.1) is 0 Å². The molecule has 2 aromatic heterocycles. The van der Waals surface area contributed by atoms with Crippen LogP contribution in [0.5, 0.6) is 0 Å². The summed E-state index contributed by atoms with van der Waals surface area (Å²) in [4.78, 5) is 16.3. The first-order valence-electron chi connectivity index (χ1n) is 5.90. The smallest absolute Gasteiger partial charge is 0.240 e. The van der Waals surface area contributed by atoms with E-state index in [1.807, 2.05) is 6.92 Å². The first-order chi connectivity index (χ1) is 9.63. The van der Waals surface area contributed by atoms with Gasteiger partial charge in [0.2, 0.25) is 11.9 Å². The van der Waals surface area contributed by atoms with Gasteiger partial charge >= 0.3 is 0 Å². The van der Waals surface area contributed by atoms with Crippen LogP contribution in [0.2, 0.25) is 0 Å². The Morgan fingerprint density at radius 3 is 2.80 bits per heavy atom. The molecule has 7 heteroatoms. The lowest BCUT2D eigenvalue weighted by Gasteiger charge is -2.07. The highest BCUT2D eigenvalue weighted by molar-refractivity contribution is 5.61. The molecule has 0 aliphatic carbocycles. The van der Waals surface area contributed by atoms with Crippen molar-refractivity contribution >= 4 is 5.95 Å². The summed E-state index contributed by atoms with van der Waals surface area (Å²) in [6, 6.07) is 4.43. The molecule has 2 N–H and O–H groups in total. The maximum absolute atomic E-state index is 13.4. The quantitative estimate of drug-likeness (QED) is 0.767. The molecule has 0 fully saturated rings. The van der Waals surface area contributed by atoms with Gasteiger partial charge in [-0.2, -0.15) is 15.0 Å². The maximum atomic E-state index is 13.4. The first-order valence-corrected chi connectivity index (χ1v) is 5.90. The minimum absolute atomic E-state index is 0.0716. The molecule has 3 rings (SSSR count). The summed E-state index contributed by atoms with van der Waals surface area (Å²) in [6.07, 6.45) is 4.85. The number of nitrogens with zero attached hydrogens (tertiary/aromatic N) is 5. The van der Waals surface area contributed by atoms with Crippen molar-refractivity contribution in [2.24, 2.45) is 0 Å². The van der Waals surface area contributed by atoms with Gasteiger partial charge in [0.15, 0.2) is 5.82 Å². The number of aromatic nitrogens is 5. The molecule has 0 saturated heterocycles. The Bertz CT molecular complexity index is 754. The van der Waals surface area contributed by atoms with Gasteiger partial charge in [0.25, 0.3) is 0 Å². The Hall–Kier alpha value is -2.83. The molecule has 0 aliphatic heterocycles. The number of nitrogens with two attached hydrogens (primary N) is 1. The van der Waals surface area contributed by atoms with Crippen molar-refractivity contribution in [3.63, 3.8) is 0 Å². The molecule has 2 heterocycles. The van der Waals surface area contributed by atoms with Crippen LogP contribution < -0.4 is 5.73 Å². The molecule has 0 saturated carbocycles. The van der Waals surface area contributed by atoms with Crippen molar-refractivity contribution in [2.45, 2.75) is 6.92 Å². The van der Waals surface area contributed by atoms with E-state index in [1.165, 1.54) is 12.1 Å². The summed E-state index contributed by atoms with van der Waals surface area (Å²) in [6.45, 7) is 1.85. The minimum Gasteiger partial charge on any atom is -0.368 e. The fraction of sp³-hybridized carbons (Fsp3) is 0.0769. The van der Waals surface area contributed by atoms with E-state index in [0.29, 0.717) is 17.3 Å². The van der Waals surface area contributed by atoms with Gasteiger partial charge in [-0.25, -0.2) is 9.37 Å².